The quantitative estimate of drug-likeness (QED) is 0.535. The van der Waals surface area contributed by atoms with Gasteiger partial charge in [-0.3, -0.25) is 9.59 Å². The van der Waals surface area contributed by atoms with Gasteiger partial charge < -0.3 is 16.0 Å². The Kier molecular flexibility index (Phi) is 6.91. The van der Waals surface area contributed by atoms with E-state index in [4.69, 9.17) is 5.14 Å². The Labute approximate surface area is 158 Å². The first kappa shape index (κ1) is 20.4. The number of hydrogen-bond acceptors (Lipinski definition) is 5. The molecule has 0 fully saturated rings. The molecule has 0 aliphatic heterocycles. The molecule has 0 bridgehead atoms. The third-order valence-corrected chi connectivity index (χ3v) is 4.58. The second-order valence-electron chi connectivity index (χ2n) is 5.90. The van der Waals surface area contributed by atoms with Crippen molar-refractivity contribution < 1.29 is 18.0 Å². The molecule has 2 aromatic rings. The average molecular weight is 390 g/mol. The predicted octanol–water partition coefficient (Wildman–Crippen LogP) is 1.06. The monoisotopic (exact) mass is 390 g/mol. The van der Waals surface area contributed by atoms with Crippen LogP contribution in [-0.2, 0) is 26.0 Å². The van der Waals surface area contributed by atoms with E-state index in [2.05, 4.69) is 16.0 Å². The molecule has 0 radical (unpaired) electrons. The molecule has 2 amide bonds. The van der Waals surface area contributed by atoms with Crippen molar-refractivity contribution in [1.29, 1.82) is 0 Å². The van der Waals surface area contributed by atoms with E-state index in [0.717, 1.165) is 11.3 Å². The third-order valence-electron chi connectivity index (χ3n) is 3.65. The number of benzene rings is 2. The van der Waals surface area contributed by atoms with Gasteiger partial charge in [-0.05, 0) is 48.4 Å². The van der Waals surface area contributed by atoms with Crippen LogP contribution >= 0.6 is 0 Å². The number of nitrogens with one attached hydrogen (secondary N) is 3. The fourth-order valence-corrected chi connectivity index (χ4v) is 2.83. The van der Waals surface area contributed by atoms with Crippen LogP contribution in [0.15, 0.2) is 53.4 Å². The van der Waals surface area contributed by atoms with E-state index < -0.39 is 10.0 Å². The van der Waals surface area contributed by atoms with Gasteiger partial charge in [-0.15, -0.1) is 0 Å². The first-order valence-corrected chi connectivity index (χ1v) is 9.78. The molecule has 0 spiro atoms. The van der Waals surface area contributed by atoms with Crippen LogP contribution in [-0.4, -0.2) is 33.3 Å². The lowest BCUT2D eigenvalue weighted by molar-refractivity contribution is -0.119. The molecule has 2 rings (SSSR count). The number of sulfonamides is 1. The van der Waals surface area contributed by atoms with Crippen molar-refractivity contribution in [2.45, 2.75) is 18.2 Å². The van der Waals surface area contributed by atoms with Gasteiger partial charge in [0.25, 0.3) is 0 Å². The summed E-state index contributed by atoms with van der Waals surface area (Å²) in [5.41, 5.74) is 2.34. The second kappa shape index (κ2) is 9.15. The van der Waals surface area contributed by atoms with Crippen molar-refractivity contribution >= 4 is 33.2 Å². The summed E-state index contributed by atoms with van der Waals surface area (Å²) in [5, 5.41) is 13.5. The molecular formula is C18H22N4O4S. The van der Waals surface area contributed by atoms with Gasteiger partial charge in [0, 0.05) is 24.8 Å². The zero-order valence-corrected chi connectivity index (χ0v) is 15.7. The molecule has 144 valence electrons. The Bertz CT molecular complexity index is 894. The number of primary sulfonamides is 1. The van der Waals surface area contributed by atoms with Crippen molar-refractivity contribution in [3.63, 3.8) is 0 Å². The fourth-order valence-electron chi connectivity index (χ4n) is 2.31. The number of hydrogen-bond donors (Lipinski definition) is 4. The van der Waals surface area contributed by atoms with E-state index in [0.29, 0.717) is 18.7 Å². The second-order valence-corrected chi connectivity index (χ2v) is 7.46. The molecule has 0 saturated carbocycles. The summed E-state index contributed by atoms with van der Waals surface area (Å²) in [6, 6.07) is 13.2. The summed E-state index contributed by atoms with van der Waals surface area (Å²) in [6.45, 7) is 1.98. The fraction of sp³-hybridized carbons (Fsp3) is 0.222. The minimum atomic E-state index is -3.69. The average Bonchev–Trinajstić information content (AvgIpc) is 2.60. The van der Waals surface area contributed by atoms with Crippen molar-refractivity contribution in [2.24, 2.45) is 5.14 Å². The number of anilines is 2. The molecule has 5 N–H and O–H groups in total. The van der Waals surface area contributed by atoms with E-state index >= 15 is 0 Å². The highest BCUT2D eigenvalue weighted by atomic mass is 32.2. The van der Waals surface area contributed by atoms with Crippen molar-refractivity contribution in [2.75, 3.05) is 23.7 Å². The van der Waals surface area contributed by atoms with Gasteiger partial charge in [0.05, 0.1) is 11.4 Å². The highest BCUT2D eigenvalue weighted by molar-refractivity contribution is 7.89. The predicted molar refractivity (Wildman–Crippen MR) is 104 cm³/mol. The number of carbonyl (C=O) groups is 2. The highest BCUT2D eigenvalue weighted by Crippen LogP contribution is 2.13. The summed E-state index contributed by atoms with van der Waals surface area (Å²) in [4.78, 5) is 22.9. The Morgan fingerprint density at radius 3 is 2.11 bits per heavy atom. The molecule has 0 heterocycles. The lowest BCUT2D eigenvalue weighted by Crippen LogP contribution is -2.31. The van der Waals surface area contributed by atoms with E-state index in [-0.39, 0.29) is 23.3 Å². The Balaban J connectivity index is 1.72. The summed E-state index contributed by atoms with van der Waals surface area (Å²) in [7, 11) is -3.69. The molecule has 0 unspecified atom stereocenters. The van der Waals surface area contributed by atoms with Crippen LogP contribution in [0.4, 0.5) is 11.4 Å². The maximum atomic E-state index is 11.9. The van der Waals surface area contributed by atoms with Crippen molar-refractivity contribution in [3.8, 4) is 0 Å². The Hall–Kier alpha value is -2.91. The van der Waals surface area contributed by atoms with Gasteiger partial charge in [-0.25, -0.2) is 13.6 Å². The molecule has 0 aliphatic rings. The van der Waals surface area contributed by atoms with Gasteiger partial charge in [0.2, 0.25) is 21.8 Å². The lowest BCUT2D eigenvalue weighted by atomic mass is 10.1. The normalized spacial score (nSPS) is 10.9. The van der Waals surface area contributed by atoms with E-state index in [9.17, 15) is 18.0 Å². The first-order valence-electron chi connectivity index (χ1n) is 8.24. The van der Waals surface area contributed by atoms with Crippen LogP contribution in [0.25, 0.3) is 0 Å². The van der Waals surface area contributed by atoms with Crippen LogP contribution in [0.5, 0.6) is 0 Å². The topological polar surface area (TPSA) is 130 Å². The number of carbonyl (C=O) groups excluding carboxylic acids is 2. The standard InChI is InChI=1S/C18H22N4O4S/c1-13(23)22-16-6-4-15(5-7-16)21-12-18(24)20-11-10-14-2-8-17(9-3-14)27(19,25)26/h2-9,21H,10-12H2,1H3,(H,20,24)(H,22,23)(H2,19,25,26). The van der Waals surface area contributed by atoms with Gasteiger partial charge >= 0.3 is 0 Å². The lowest BCUT2D eigenvalue weighted by Gasteiger charge is -2.09. The zero-order valence-electron chi connectivity index (χ0n) is 14.9. The molecule has 0 aliphatic carbocycles. The molecule has 0 saturated heterocycles. The zero-order chi connectivity index (χ0) is 19.9. The van der Waals surface area contributed by atoms with Gasteiger partial charge in [0.1, 0.15) is 0 Å². The highest BCUT2D eigenvalue weighted by Gasteiger charge is 2.07. The van der Waals surface area contributed by atoms with Crippen LogP contribution < -0.4 is 21.1 Å². The SMILES string of the molecule is CC(=O)Nc1ccc(NCC(=O)NCCc2ccc(S(N)(=O)=O)cc2)cc1. The number of nitrogens with two attached hydrogens (primary N) is 1. The molecule has 9 heteroatoms. The first-order chi connectivity index (χ1) is 12.7. The molecule has 0 atom stereocenters. The summed E-state index contributed by atoms with van der Waals surface area (Å²) >= 11 is 0. The Morgan fingerprint density at radius 1 is 0.963 bits per heavy atom. The van der Waals surface area contributed by atoms with E-state index in [1.807, 2.05) is 0 Å². The van der Waals surface area contributed by atoms with Gasteiger partial charge in [-0.2, -0.15) is 0 Å². The molecule has 8 nitrogen and oxygen atoms in total. The van der Waals surface area contributed by atoms with E-state index in [1.54, 1.807) is 36.4 Å². The smallest absolute Gasteiger partial charge is 0.239 e. The summed E-state index contributed by atoms with van der Waals surface area (Å²) in [5.74, 6) is -0.309. The van der Waals surface area contributed by atoms with Crippen LogP contribution in [0, 0.1) is 0 Å². The van der Waals surface area contributed by atoms with E-state index in [1.165, 1.54) is 19.1 Å². The number of rotatable bonds is 8. The maximum absolute atomic E-state index is 11.9. The van der Waals surface area contributed by atoms with Gasteiger partial charge in [-0.1, -0.05) is 12.1 Å². The van der Waals surface area contributed by atoms with Crippen molar-refractivity contribution in [3.05, 3.63) is 54.1 Å². The maximum Gasteiger partial charge on any atom is 0.239 e. The molecule has 27 heavy (non-hydrogen) atoms. The third kappa shape index (κ3) is 7.08. The van der Waals surface area contributed by atoms with Crippen LogP contribution in [0.1, 0.15) is 12.5 Å². The minimum absolute atomic E-state index is 0.0593. The Morgan fingerprint density at radius 2 is 1.56 bits per heavy atom. The number of amides is 2. The minimum Gasteiger partial charge on any atom is -0.376 e. The molecular weight excluding hydrogens is 368 g/mol. The van der Waals surface area contributed by atoms with Crippen LogP contribution in [0.3, 0.4) is 0 Å². The summed E-state index contributed by atoms with van der Waals surface area (Å²) in [6.07, 6.45) is 0.571. The largest absolute Gasteiger partial charge is 0.376 e. The van der Waals surface area contributed by atoms with Crippen molar-refractivity contribution in [1.82, 2.24) is 5.32 Å². The van der Waals surface area contributed by atoms with Gasteiger partial charge in [0.15, 0.2) is 0 Å². The molecule has 0 aromatic heterocycles. The summed E-state index contributed by atoms with van der Waals surface area (Å²) < 4.78 is 22.4. The molecule has 2 aromatic carbocycles. The van der Waals surface area contributed by atoms with Crippen LogP contribution in [0.2, 0.25) is 0 Å².